The topological polar surface area (TPSA) is 79.6 Å². The minimum absolute atomic E-state index is 0. The molecule has 0 unspecified atom stereocenters. The van der Waals surface area contributed by atoms with Gasteiger partial charge in [-0.25, -0.2) is 4.99 Å². The molecule has 0 spiro atoms. The van der Waals surface area contributed by atoms with Crippen LogP contribution in [0.4, 0.5) is 5.69 Å². The van der Waals surface area contributed by atoms with Gasteiger partial charge in [0.25, 0.3) is 5.69 Å². The molecule has 0 bridgehead atoms. The van der Waals surface area contributed by atoms with Crippen molar-refractivity contribution < 1.29 is 4.92 Å². The molecule has 130 valence electrons. The number of thioether (sulfide) groups is 1. The van der Waals surface area contributed by atoms with Crippen LogP contribution in [0.5, 0.6) is 0 Å². The standard InChI is InChI=1S/C15H24N4O2S.HI/c1-5-16-14(18-11-15(2,3)22-4)17-10-12-7-6-8-13(9-12)19(20)21;/h6-9H,5,10-11H2,1-4H3,(H2,16,17,18);1H. The molecular formula is C15H25IN4O2S. The highest BCUT2D eigenvalue weighted by atomic mass is 127. The molecule has 0 aromatic heterocycles. The first-order valence-corrected chi connectivity index (χ1v) is 8.41. The fourth-order valence-corrected chi connectivity index (χ4v) is 1.87. The van der Waals surface area contributed by atoms with E-state index in [0.29, 0.717) is 6.54 Å². The normalized spacial score (nSPS) is 11.6. The molecule has 0 radical (unpaired) electrons. The van der Waals surface area contributed by atoms with Crippen LogP contribution in [0.2, 0.25) is 0 Å². The summed E-state index contributed by atoms with van der Waals surface area (Å²) in [5.41, 5.74) is 0.907. The molecule has 0 saturated heterocycles. The van der Waals surface area contributed by atoms with Crippen molar-refractivity contribution in [2.45, 2.75) is 32.1 Å². The summed E-state index contributed by atoms with van der Waals surface area (Å²) in [7, 11) is 0. The Morgan fingerprint density at radius 1 is 1.39 bits per heavy atom. The number of nitro groups is 1. The van der Waals surface area contributed by atoms with Crippen LogP contribution in [0.3, 0.4) is 0 Å². The summed E-state index contributed by atoms with van der Waals surface area (Å²) < 4.78 is 0.113. The molecule has 23 heavy (non-hydrogen) atoms. The molecule has 0 aliphatic carbocycles. The van der Waals surface area contributed by atoms with E-state index < -0.39 is 4.92 Å². The molecule has 1 rings (SSSR count). The van der Waals surface area contributed by atoms with Gasteiger partial charge in [-0.15, -0.1) is 24.0 Å². The van der Waals surface area contributed by atoms with Gasteiger partial charge >= 0.3 is 0 Å². The predicted octanol–water partition coefficient (Wildman–Crippen LogP) is 3.41. The predicted molar refractivity (Wildman–Crippen MR) is 109 cm³/mol. The van der Waals surface area contributed by atoms with Crippen LogP contribution in [0.15, 0.2) is 29.3 Å². The third-order valence-electron chi connectivity index (χ3n) is 3.12. The first-order chi connectivity index (χ1) is 10.4. The third-order valence-corrected chi connectivity index (χ3v) is 4.37. The molecule has 0 atom stereocenters. The molecule has 0 aliphatic heterocycles. The zero-order chi connectivity index (χ0) is 16.6. The Morgan fingerprint density at radius 3 is 2.65 bits per heavy atom. The van der Waals surface area contributed by atoms with E-state index in [9.17, 15) is 10.1 Å². The maximum Gasteiger partial charge on any atom is 0.269 e. The Hall–Kier alpha value is -1.03. The van der Waals surface area contributed by atoms with Crippen molar-refractivity contribution in [2.24, 2.45) is 4.99 Å². The first kappa shape index (κ1) is 22.0. The number of hydrogen-bond donors (Lipinski definition) is 2. The number of aliphatic imine (C=N–C) groups is 1. The number of nitro benzene ring substituents is 1. The summed E-state index contributed by atoms with van der Waals surface area (Å²) >= 11 is 1.79. The Labute approximate surface area is 159 Å². The Bertz CT molecular complexity index is 538. The Balaban J connectivity index is 0.00000484. The van der Waals surface area contributed by atoms with Crippen molar-refractivity contribution in [3.05, 3.63) is 39.9 Å². The molecule has 1 aromatic rings. The number of halogens is 1. The van der Waals surface area contributed by atoms with Gasteiger partial charge in [-0.05, 0) is 32.6 Å². The minimum Gasteiger partial charge on any atom is -0.357 e. The Morgan fingerprint density at radius 2 is 2.09 bits per heavy atom. The highest BCUT2D eigenvalue weighted by Gasteiger charge is 2.16. The van der Waals surface area contributed by atoms with E-state index >= 15 is 0 Å². The summed E-state index contributed by atoms with van der Waals surface area (Å²) in [5.74, 6) is 0.719. The zero-order valence-corrected chi connectivity index (χ0v) is 17.1. The van der Waals surface area contributed by atoms with E-state index in [2.05, 4.69) is 35.7 Å². The van der Waals surface area contributed by atoms with Crippen molar-refractivity contribution in [1.82, 2.24) is 10.6 Å². The number of non-ortho nitro benzene ring substituents is 1. The van der Waals surface area contributed by atoms with Gasteiger partial charge in [0, 0.05) is 30.0 Å². The summed E-state index contributed by atoms with van der Waals surface area (Å²) in [6.07, 6.45) is 2.08. The van der Waals surface area contributed by atoms with E-state index in [0.717, 1.165) is 24.6 Å². The molecule has 0 fully saturated rings. The number of hydrogen-bond acceptors (Lipinski definition) is 4. The summed E-state index contributed by atoms with van der Waals surface area (Å²) in [6.45, 7) is 8.28. The molecule has 8 heteroatoms. The van der Waals surface area contributed by atoms with Crippen LogP contribution >= 0.6 is 35.7 Å². The van der Waals surface area contributed by atoms with Gasteiger partial charge in [0.2, 0.25) is 0 Å². The second-order valence-electron chi connectivity index (χ2n) is 5.44. The monoisotopic (exact) mass is 452 g/mol. The van der Waals surface area contributed by atoms with Gasteiger partial charge < -0.3 is 10.6 Å². The van der Waals surface area contributed by atoms with Crippen molar-refractivity contribution in [3.8, 4) is 0 Å². The summed E-state index contributed by atoms with van der Waals surface area (Å²) in [6, 6.07) is 6.56. The van der Waals surface area contributed by atoms with Gasteiger partial charge in [-0.1, -0.05) is 12.1 Å². The van der Waals surface area contributed by atoms with E-state index in [-0.39, 0.29) is 34.4 Å². The average molecular weight is 452 g/mol. The second-order valence-corrected chi connectivity index (χ2v) is 6.95. The second kappa shape index (κ2) is 10.7. The quantitative estimate of drug-likeness (QED) is 0.218. The highest BCUT2D eigenvalue weighted by Crippen LogP contribution is 2.19. The van der Waals surface area contributed by atoms with Crippen LogP contribution in [-0.2, 0) is 6.54 Å². The van der Waals surface area contributed by atoms with Crippen LogP contribution in [0.1, 0.15) is 26.3 Å². The highest BCUT2D eigenvalue weighted by molar-refractivity contribution is 14.0. The molecule has 1 aromatic carbocycles. The fraction of sp³-hybridized carbons (Fsp3) is 0.533. The lowest BCUT2D eigenvalue weighted by atomic mass is 10.2. The fourth-order valence-electron chi connectivity index (χ4n) is 1.65. The molecule has 0 heterocycles. The van der Waals surface area contributed by atoms with Crippen molar-refractivity contribution >= 4 is 47.4 Å². The third kappa shape index (κ3) is 8.40. The van der Waals surface area contributed by atoms with E-state index in [4.69, 9.17) is 0 Å². The molecule has 6 nitrogen and oxygen atoms in total. The van der Waals surface area contributed by atoms with Crippen molar-refractivity contribution in [1.29, 1.82) is 0 Å². The lowest BCUT2D eigenvalue weighted by Gasteiger charge is -2.23. The van der Waals surface area contributed by atoms with Gasteiger partial charge in [-0.3, -0.25) is 10.1 Å². The zero-order valence-electron chi connectivity index (χ0n) is 14.0. The smallest absolute Gasteiger partial charge is 0.269 e. The lowest BCUT2D eigenvalue weighted by molar-refractivity contribution is -0.384. The van der Waals surface area contributed by atoms with Crippen LogP contribution in [0, 0.1) is 10.1 Å². The van der Waals surface area contributed by atoms with Crippen molar-refractivity contribution in [2.75, 3.05) is 19.3 Å². The van der Waals surface area contributed by atoms with E-state index in [1.54, 1.807) is 23.9 Å². The van der Waals surface area contributed by atoms with Gasteiger partial charge in [0.05, 0.1) is 11.5 Å². The number of benzene rings is 1. The van der Waals surface area contributed by atoms with Crippen molar-refractivity contribution in [3.63, 3.8) is 0 Å². The van der Waals surface area contributed by atoms with Crippen LogP contribution in [0.25, 0.3) is 0 Å². The van der Waals surface area contributed by atoms with E-state index in [1.807, 2.05) is 13.0 Å². The van der Waals surface area contributed by atoms with Gasteiger partial charge in [-0.2, -0.15) is 11.8 Å². The molecular weight excluding hydrogens is 427 g/mol. The van der Waals surface area contributed by atoms with Crippen LogP contribution in [-0.4, -0.2) is 35.0 Å². The van der Waals surface area contributed by atoms with Crippen LogP contribution < -0.4 is 10.6 Å². The Kier molecular flexibility index (Phi) is 10.2. The first-order valence-electron chi connectivity index (χ1n) is 7.18. The lowest BCUT2D eigenvalue weighted by Crippen LogP contribution is -2.43. The maximum atomic E-state index is 10.8. The average Bonchev–Trinajstić information content (AvgIpc) is 2.50. The number of nitrogens with zero attached hydrogens (tertiary/aromatic N) is 2. The number of nitrogens with one attached hydrogen (secondary N) is 2. The maximum absolute atomic E-state index is 10.8. The molecule has 2 N–H and O–H groups in total. The molecule has 0 aliphatic rings. The number of guanidine groups is 1. The molecule has 0 amide bonds. The van der Waals surface area contributed by atoms with Gasteiger partial charge in [0.1, 0.15) is 0 Å². The largest absolute Gasteiger partial charge is 0.357 e. The van der Waals surface area contributed by atoms with Gasteiger partial charge in [0.15, 0.2) is 5.96 Å². The SMILES string of the molecule is CCNC(=NCc1cccc([N+](=O)[O-])c1)NCC(C)(C)SC.I. The number of rotatable bonds is 7. The van der Waals surface area contributed by atoms with E-state index in [1.165, 1.54) is 6.07 Å². The summed E-state index contributed by atoms with van der Waals surface area (Å²) in [5, 5.41) is 17.3. The molecule has 0 saturated carbocycles. The summed E-state index contributed by atoms with van der Waals surface area (Å²) in [4.78, 5) is 14.9. The minimum atomic E-state index is -0.391.